The van der Waals surface area contributed by atoms with Gasteiger partial charge in [-0.25, -0.2) is 4.39 Å². The number of carbonyl (C=O) groups excluding carboxylic acids is 2. The molecule has 2 aromatic heterocycles. The fourth-order valence-corrected chi connectivity index (χ4v) is 4.74. The second-order valence-corrected chi connectivity index (χ2v) is 8.31. The number of ketones is 1. The zero-order valence-corrected chi connectivity index (χ0v) is 17.5. The number of aromatic nitrogens is 1. The van der Waals surface area contributed by atoms with Gasteiger partial charge in [0, 0.05) is 71.0 Å². The zero-order valence-electron chi connectivity index (χ0n) is 16.7. The van der Waals surface area contributed by atoms with Gasteiger partial charge in [0.1, 0.15) is 5.82 Å². The fourth-order valence-electron chi connectivity index (χ4n) is 4.07. The Morgan fingerprint density at radius 1 is 0.935 bits per heavy atom. The number of thiophene rings is 1. The van der Waals surface area contributed by atoms with Crippen molar-refractivity contribution in [1.29, 1.82) is 0 Å². The van der Waals surface area contributed by atoms with Crippen molar-refractivity contribution in [2.45, 2.75) is 0 Å². The second-order valence-electron chi connectivity index (χ2n) is 7.53. The van der Waals surface area contributed by atoms with Crippen LogP contribution in [-0.2, 0) is 0 Å². The van der Waals surface area contributed by atoms with E-state index in [9.17, 15) is 14.0 Å². The highest BCUT2D eigenvalue weighted by atomic mass is 32.1. The van der Waals surface area contributed by atoms with Crippen molar-refractivity contribution >= 4 is 39.6 Å². The number of H-pyrrole nitrogens is 1. The number of anilines is 1. The molecule has 0 spiro atoms. The summed E-state index contributed by atoms with van der Waals surface area (Å²) in [5.41, 5.74) is 3.23. The van der Waals surface area contributed by atoms with E-state index in [1.54, 1.807) is 23.6 Å². The molecule has 5 nitrogen and oxygen atoms in total. The number of piperazine rings is 1. The molecule has 0 radical (unpaired) electrons. The van der Waals surface area contributed by atoms with Crippen LogP contribution >= 0.6 is 11.3 Å². The molecule has 156 valence electrons. The topological polar surface area (TPSA) is 56.4 Å². The third-order valence-corrected chi connectivity index (χ3v) is 6.40. The van der Waals surface area contributed by atoms with E-state index < -0.39 is 5.82 Å². The molecule has 1 amide bonds. The van der Waals surface area contributed by atoms with Crippen LogP contribution in [0, 0.1) is 5.82 Å². The predicted octanol–water partition coefficient (Wildman–Crippen LogP) is 4.56. The molecule has 1 aliphatic rings. The Balaban J connectivity index is 1.44. The predicted molar refractivity (Wildman–Crippen MR) is 121 cm³/mol. The lowest BCUT2D eigenvalue weighted by Gasteiger charge is -2.35. The Morgan fingerprint density at radius 3 is 2.42 bits per heavy atom. The van der Waals surface area contributed by atoms with Crippen molar-refractivity contribution in [2.24, 2.45) is 0 Å². The molecule has 2 aromatic carbocycles. The number of aromatic amines is 1. The normalized spacial score (nSPS) is 14.2. The summed E-state index contributed by atoms with van der Waals surface area (Å²) in [7, 11) is 0. The molecule has 3 heterocycles. The Morgan fingerprint density at radius 2 is 1.71 bits per heavy atom. The molecule has 5 rings (SSSR count). The fraction of sp³-hybridized carbons (Fsp3) is 0.167. The highest BCUT2D eigenvalue weighted by Gasteiger charge is 2.26. The van der Waals surface area contributed by atoms with Gasteiger partial charge in [0.05, 0.1) is 0 Å². The number of hydrogen-bond acceptors (Lipinski definition) is 4. The molecule has 0 unspecified atom stereocenters. The maximum Gasteiger partial charge on any atom is 0.254 e. The van der Waals surface area contributed by atoms with Crippen LogP contribution in [0.4, 0.5) is 10.1 Å². The van der Waals surface area contributed by atoms with Gasteiger partial charge < -0.3 is 14.8 Å². The van der Waals surface area contributed by atoms with E-state index in [0.717, 1.165) is 18.6 Å². The molecular weight excluding hydrogens is 413 g/mol. The van der Waals surface area contributed by atoms with Gasteiger partial charge in [0.15, 0.2) is 5.78 Å². The summed E-state index contributed by atoms with van der Waals surface area (Å²) in [5.74, 6) is -0.718. The number of nitrogens with zero attached hydrogens (tertiary/aromatic N) is 2. The highest BCUT2D eigenvalue weighted by Crippen LogP contribution is 2.27. The van der Waals surface area contributed by atoms with Gasteiger partial charge in [-0.05, 0) is 47.8 Å². The molecule has 31 heavy (non-hydrogen) atoms. The first-order valence-corrected chi connectivity index (χ1v) is 11.0. The van der Waals surface area contributed by atoms with Gasteiger partial charge in [-0.1, -0.05) is 6.07 Å². The van der Waals surface area contributed by atoms with Crippen molar-refractivity contribution in [3.63, 3.8) is 0 Å². The second kappa shape index (κ2) is 8.00. The summed E-state index contributed by atoms with van der Waals surface area (Å²) in [6.45, 7) is 2.79. The summed E-state index contributed by atoms with van der Waals surface area (Å²) in [6.07, 6.45) is 1.63. The van der Waals surface area contributed by atoms with Crippen molar-refractivity contribution in [3.8, 4) is 0 Å². The minimum Gasteiger partial charge on any atom is -0.367 e. The third-order valence-electron chi connectivity index (χ3n) is 5.73. The number of halogens is 1. The number of rotatable bonds is 4. The van der Waals surface area contributed by atoms with Crippen molar-refractivity contribution in [2.75, 3.05) is 31.1 Å². The average Bonchev–Trinajstić information content (AvgIpc) is 3.49. The number of amides is 1. The van der Waals surface area contributed by atoms with Crippen molar-refractivity contribution in [1.82, 2.24) is 9.88 Å². The minimum absolute atomic E-state index is 0.0803. The van der Waals surface area contributed by atoms with Crippen LogP contribution < -0.4 is 4.90 Å². The SMILES string of the molecule is O=C(c1ccc(F)cc1)c1c[nH]c2cccc(C(=O)N3CCN(c4ccsc4)CC3)c12. The number of hydrogen-bond donors (Lipinski definition) is 1. The van der Waals surface area contributed by atoms with Gasteiger partial charge in [-0.2, -0.15) is 11.3 Å². The lowest BCUT2D eigenvalue weighted by Crippen LogP contribution is -2.48. The molecule has 0 bridgehead atoms. The van der Waals surface area contributed by atoms with Gasteiger partial charge in [-0.3, -0.25) is 9.59 Å². The number of fused-ring (bicyclic) bond motifs is 1. The summed E-state index contributed by atoms with van der Waals surface area (Å²) >= 11 is 1.66. The van der Waals surface area contributed by atoms with E-state index in [0.29, 0.717) is 35.2 Å². The molecule has 7 heteroatoms. The van der Waals surface area contributed by atoms with Crippen molar-refractivity contribution < 1.29 is 14.0 Å². The molecule has 1 fully saturated rings. The van der Waals surface area contributed by atoms with Gasteiger partial charge in [0.25, 0.3) is 5.91 Å². The third kappa shape index (κ3) is 3.61. The molecule has 0 aliphatic carbocycles. The lowest BCUT2D eigenvalue weighted by atomic mass is 9.98. The standard InChI is InChI=1S/C24H20FN3O2S/c25-17-6-4-16(5-7-17)23(29)20-14-26-21-3-1-2-19(22(20)21)24(30)28-11-9-27(10-12-28)18-8-13-31-15-18/h1-8,13-15,26H,9-12H2. The molecule has 1 N–H and O–H groups in total. The van der Waals surface area contributed by atoms with Gasteiger partial charge >= 0.3 is 0 Å². The molecule has 4 aromatic rings. The summed E-state index contributed by atoms with van der Waals surface area (Å²) in [6, 6.07) is 13.0. The van der Waals surface area contributed by atoms with E-state index in [1.807, 2.05) is 17.0 Å². The molecule has 1 saturated heterocycles. The maximum atomic E-state index is 13.4. The summed E-state index contributed by atoms with van der Waals surface area (Å²) in [4.78, 5) is 33.7. The smallest absolute Gasteiger partial charge is 0.254 e. The van der Waals surface area contributed by atoms with Crippen LogP contribution in [0.2, 0.25) is 0 Å². The first-order chi connectivity index (χ1) is 15.1. The summed E-state index contributed by atoms with van der Waals surface area (Å²) in [5, 5.41) is 4.78. The summed E-state index contributed by atoms with van der Waals surface area (Å²) < 4.78 is 13.3. The maximum absolute atomic E-state index is 13.4. The molecule has 0 saturated carbocycles. The van der Waals surface area contributed by atoms with E-state index in [2.05, 4.69) is 26.7 Å². The Bertz CT molecular complexity index is 1240. The van der Waals surface area contributed by atoms with Crippen molar-refractivity contribution in [3.05, 3.63) is 88.0 Å². The lowest BCUT2D eigenvalue weighted by molar-refractivity contribution is 0.0749. The van der Waals surface area contributed by atoms with E-state index in [1.165, 1.54) is 30.0 Å². The van der Waals surface area contributed by atoms with Crippen LogP contribution in [-0.4, -0.2) is 47.8 Å². The monoisotopic (exact) mass is 433 g/mol. The van der Waals surface area contributed by atoms with Crippen LogP contribution in [0.5, 0.6) is 0 Å². The number of benzene rings is 2. The van der Waals surface area contributed by atoms with Gasteiger partial charge in [-0.15, -0.1) is 0 Å². The first kappa shape index (κ1) is 19.5. The Labute approximate surface area is 182 Å². The first-order valence-electron chi connectivity index (χ1n) is 10.1. The van der Waals surface area contributed by atoms with Crippen LogP contribution in [0.25, 0.3) is 10.9 Å². The van der Waals surface area contributed by atoms with Crippen LogP contribution in [0.1, 0.15) is 26.3 Å². The Hall–Kier alpha value is -3.45. The zero-order chi connectivity index (χ0) is 21.4. The minimum atomic E-state index is -0.395. The number of nitrogens with one attached hydrogen (secondary N) is 1. The Kier molecular flexibility index (Phi) is 5.03. The largest absolute Gasteiger partial charge is 0.367 e. The van der Waals surface area contributed by atoms with Gasteiger partial charge in [0.2, 0.25) is 0 Å². The molecule has 1 aliphatic heterocycles. The van der Waals surface area contributed by atoms with E-state index in [4.69, 9.17) is 0 Å². The van der Waals surface area contributed by atoms with Crippen LogP contribution in [0.15, 0.2) is 65.5 Å². The molecule has 0 atom stereocenters. The number of carbonyl (C=O) groups is 2. The average molecular weight is 434 g/mol. The molecular formula is C24H20FN3O2S. The van der Waals surface area contributed by atoms with E-state index in [-0.39, 0.29) is 11.7 Å². The van der Waals surface area contributed by atoms with E-state index >= 15 is 0 Å². The van der Waals surface area contributed by atoms with Crippen LogP contribution in [0.3, 0.4) is 0 Å². The quantitative estimate of drug-likeness (QED) is 0.480. The highest BCUT2D eigenvalue weighted by molar-refractivity contribution is 7.08.